The number of hydrogen-bond acceptors (Lipinski definition) is 9. The molecule has 49 heavy (non-hydrogen) atoms. The number of aliphatic hydroxyl groups excluding tert-OH is 1. The molecular formula is C39H57NO9. The number of nitrogens with one attached hydrogen (secondary N) is 1. The molecule has 0 aromatic carbocycles. The number of amides is 1. The maximum Gasteiger partial charge on any atom is 0.408 e. The lowest BCUT2D eigenvalue weighted by atomic mass is 9.43. The lowest BCUT2D eigenvalue weighted by Gasteiger charge is -2.61. The molecule has 5 rings (SSSR count). The normalized spacial score (nSPS) is 39.1. The van der Waals surface area contributed by atoms with Gasteiger partial charge in [0.2, 0.25) is 0 Å². The lowest BCUT2D eigenvalue weighted by Crippen LogP contribution is -2.56. The van der Waals surface area contributed by atoms with E-state index in [1.54, 1.807) is 27.7 Å². The topological polar surface area (TPSA) is 145 Å². The fraction of sp³-hybridized carbons (Fsp3) is 0.769. The van der Waals surface area contributed by atoms with E-state index >= 15 is 0 Å². The SMILES string of the molecule is C=C(C(=O)[C@H](O)C(C)[C@H]1[C@@H](OC(C)=O)C[C@@]2(C)[C@@H]3CC[C@H]4[C@H](C)C(=O)C=CC45CC35CC[C@]12C)[C@@H](C)COC(=O)CNC(=O)OC(C)(C)C. The summed E-state index contributed by atoms with van der Waals surface area (Å²) in [6.07, 6.45) is 7.11. The average molecular weight is 684 g/mol. The molecule has 0 aromatic rings. The Balaban J connectivity index is 1.28. The number of fused-ring (bicyclic) bond motifs is 2. The zero-order chi connectivity index (χ0) is 36.5. The predicted molar refractivity (Wildman–Crippen MR) is 182 cm³/mol. The second-order valence-electron chi connectivity index (χ2n) is 17.5. The van der Waals surface area contributed by atoms with E-state index in [4.69, 9.17) is 14.2 Å². The summed E-state index contributed by atoms with van der Waals surface area (Å²) in [5, 5.41) is 14.0. The molecule has 0 radical (unpaired) electrons. The predicted octanol–water partition coefficient (Wildman–Crippen LogP) is 5.75. The highest BCUT2D eigenvalue weighted by Gasteiger charge is 2.81. The van der Waals surface area contributed by atoms with Gasteiger partial charge in [-0.2, -0.15) is 0 Å². The fourth-order valence-electron chi connectivity index (χ4n) is 11.3. The van der Waals surface area contributed by atoms with E-state index in [0.717, 1.165) is 32.1 Å². The monoisotopic (exact) mass is 683 g/mol. The molecule has 4 saturated carbocycles. The number of alkyl carbamates (subject to hydrolysis) is 1. The summed E-state index contributed by atoms with van der Waals surface area (Å²) in [5.41, 5.74) is -0.927. The molecule has 10 nitrogen and oxygen atoms in total. The first-order chi connectivity index (χ1) is 22.6. The van der Waals surface area contributed by atoms with E-state index in [1.807, 2.05) is 13.0 Å². The van der Waals surface area contributed by atoms with Crippen LogP contribution in [0.1, 0.15) is 101 Å². The van der Waals surface area contributed by atoms with Gasteiger partial charge in [-0.15, -0.1) is 0 Å². The van der Waals surface area contributed by atoms with Crippen LogP contribution in [-0.4, -0.2) is 65.7 Å². The number of Topliss-reactive ketones (excluding diaryl/α,β-unsaturated/α-hetero) is 1. The summed E-state index contributed by atoms with van der Waals surface area (Å²) in [6.45, 7) is 20.2. The maximum absolute atomic E-state index is 13.7. The van der Waals surface area contributed by atoms with Gasteiger partial charge in [-0.05, 0) is 110 Å². The maximum atomic E-state index is 13.7. The minimum absolute atomic E-state index is 0.0330. The second kappa shape index (κ2) is 12.6. The van der Waals surface area contributed by atoms with E-state index in [2.05, 4.69) is 38.7 Å². The summed E-state index contributed by atoms with van der Waals surface area (Å²) in [6, 6.07) is 0. The Morgan fingerprint density at radius 1 is 1.10 bits per heavy atom. The molecule has 2 N–H and O–H groups in total. The van der Waals surface area contributed by atoms with Crippen LogP contribution in [0.2, 0.25) is 0 Å². The summed E-state index contributed by atoms with van der Waals surface area (Å²) >= 11 is 0. The van der Waals surface area contributed by atoms with Crippen LogP contribution in [0.15, 0.2) is 24.3 Å². The summed E-state index contributed by atoms with van der Waals surface area (Å²) in [5.74, 6) is -1.99. The highest BCUT2D eigenvalue weighted by atomic mass is 16.6. The van der Waals surface area contributed by atoms with Crippen molar-refractivity contribution in [3.05, 3.63) is 24.3 Å². The second-order valence-corrected chi connectivity index (χ2v) is 17.5. The van der Waals surface area contributed by atoms with Gasteiger partial charge in [0, 0.05) is 24.7 Å². The van der Waals surface area contributed by atoms with Crippen molar-refractivity contribution in [3.8, 4) is 0 Å². The largest absolute Gasteiger partial charge is 0.464 e. The van der Waals surface area contributed by atoms with Crippen molar-refractivity contribution in [2.45, 2.75) is 119 Å². The van der Waals surface area contributed by atoms with Crippen molar-refractivity contribution in [2.24, 2.45) is 57.2 Å². The molecule has 3 unspecified atom stereocenters. The Morgan fingerprint density at radius 3 is 2.41 bits per heavy atom. The van der Waals surface area contributed by atoms with Crippen LogP contribution in [-0.2, 0) is 33.4 Å². The average Bonchev–Trinajstić information content (AvgIpc) is 3.62. The third kappa shape index (κ3) is 6.08. The van der Waals surface area contributed by atoms with Crippen molar-refractivity contribution < 1.29 is 43.3 Å². The van der Waals surface area contributed by atoms with Crippen LogP contribution in [0.3, 0.4) is 0 Å². The Morgan fingerprint density at radius 2 is 1.78 bits per heavy atom. The zero-order valence-corrected chi connectivity index (χ0v) is 30.9. The van der Waals surface area contributed by atoms with Gasteiger partial charge in [0.15, 0.2) is 11.6 Å². The fourth-order valence-corrected chi connectivity index (χ4v) is 11.3. The molecule has 5 aliphatic carbocycles. The Hall–Kier alpha value is -3.01. The summed E-state index contributed by atoms with van der Waals surface area (Å²) in [4.78, 5) is 63.0. The number of aliphatic hydroxyl groups is 1. The number of carbonyl (C=O) groups excluding carboxylic acids is 5. The Kier molecular flexibility index (Phi) is 9.61. The van der Waals surface area contributed by atoms with E-state index < -0.39 is 54.0 Å². The van der Waals surface area contributed by atoms with Crippen molar-refractivity contribution in [1.82, 2.24) is 5.32 Å². The minimum atomic E-state index is -1.39. The molecule has 272 valence electrons. The minimum Gasteiger partial charge on any atom is -0.464 e. The number of rotatable bonds is 10. The van der Waals surface area contributed by atoms with Gasteiger partial charge >= 0.3 is 18.0 Å². The smallest absolute Gasteiger partial charge is 0.408 e. The third-order valence-electron chi connectivity index (χ3n) is 13.9. The van der Waals surface area contributed by atoms with Crippen LogP contribution in [0, 0.1) is 57.2 Å². The van der Waals surface area contributed by atoms with Crippen molar-refractivity contribution >= 4 is 29.6 Å². The van der Waals surface area contributed by atoms with Gasteiger partial charge < -0.3 is 24.6 Å². The molecule has 0 heterocycles. The van der Waals surface area contributed by atoms with Crippen molar-refractivity contribution in [2.75, 3.05) is 13.2 Å². The first kappa shape index (κ1) is 37.3. The third-order valence-corrected chi connectivity index (χ3v) is 13.9. The van der Waals surface area contributed by atoms with Gasteiger partial charge in [-0.1, -0.05) is 47.3 Å². The molecule has 0 aliphatic heterocycles. The van der Waals surface area contributed by atoms with Crippen molar-refractivity contribution in [3.63, 3.8) is 0 Å². The summed E-state index contributed by atoms with van der Waals surface area (Å²) in [7, 11) is 0. The van der Waals surface area contributed by atoms with Gasteiger partial charge in [0.05, 0.1) is 6.61 Å². The van der Waals surface area contributed by atoms with Crippen LogP contribution in [0.5, 0.6) is 0 Å². The number of allylic oxidation sites excluding steroid dienone is 2. The zero-order valence-electron chi connectivity index (χ0n) is 30.9. The lowest BCUT2D eigenvalue weighted by molar-refractivity contribution is -0.155. The van der Waals surface area contributed by atoms with Gasteiger partial charge in [-0.25, -0.2) is 4.79 Å². The summed E-state index contributed by atoms with van der Waals surface area (Å²) < 4.78 is 16.5. The molecule has 1 amide bonds. The van der Waals surface area contributed by atoms with E-state index in [0.29, 0.717) is 18.3 Å². The van der Waals surface area contributed by atoms with Gasteiger partial charge in [-0.3, -0.25) is 19.2 Å². The standard InChI is InChI=1S/C39H57NO9/c1-21(19-47-30(43)18-40-34(46)49-35(6,7)8)22(2)32(44)33(45)24(4)31-28(48-25(5)41)17-37(10)29-12-11-26-23(3)27(42)13-14-38(26)20-39(29,38)16-15-36(31,37)9/h13-14,21,23-24,26,28-29,31,33,45H,2,11-12,15-20H2,1,3-10H3,(H,40,46)/t21-,23-,24?,26-,28-,29-,31-,33+,36+,37-,38?,39?/m0/s1. The highest BCUT2D eigenvalue weighted by molar-refractivity contribution is 5.98. The molecule has 5 aliphatic rings. The molecule has 0 saturated heterocycles. The number of hydrogen-bond donors (Lipinski definition) is 2. The van der Waals surface area contributed by atoms with Crippen molar-refractivity contribution in [1.29, 1.82) is 0 Å². The Labute approximate surface area is 291 Å². The van der Waals surface area contributed by atoms with Gasteiger partial charge in [0.1, 0.15) is 24.4 Å². The quantitative estimate of drug-likeness (QED) is 0.167. The molecule has 2 spiro atoms. The molecule has 4 fully saturated rings. The molecule has 10 heteroatoms. The molecular weight excluding hydrogens is 626 g/mol. The highest BCUT2D eigenvalue weighted by Crippen LogP contribution is 2.87. The Bertz CT molecular complexity index is 1450. The number of carbonyl (C=O) groups is 5. The number of ether oxygens (including phenoxy) is 3. The number of esters is 2. The van der Waals surface area contributed by atoms with Crippen LogP contribution >= 0.6 is 0 Å². The van der Waals surface area contributed by atoms with Crippen LogP contribution in [0.4, 0.5) is 4.79 Å². The van der Waals surface area contributed by atoms with E-state index in [1.165, 1.54) is 6.92 Å². The van der Waals surface area contributed by atoms with E-state index in [9.17, 15) is 29.1 Å². The first-order valence-corrected chi connectivity index (χ1v) is 18.1. The van der Waals surface area contributed by atoms with Crippen LogP contribution < -0.4 is 5.32 Å². The van der Waals surface area contributed by atoms with Crippen LogP contribution in [0.25, 0.3) is 0 Å². The molecule has 0 bridgehead atoms. The first-order valence-electron chi connectivity index (χ1n) is 18.1. The molecule has 0 aromatic heterocycles. The number of ketones is 2. The van der Waals surface area contributed by atoms with Gasteiger partial charge in [0.25, 0.3) is 0 Å². The molecule has 12 atom stereocenters. The van der Waals surface area contributed by atoms with E-state index in [-0.39, 0.29) is 57.4 Å².